The number of nitrogens with zero attached hydrogens (tertiary/aromatic N) is 1. The van der Waals surface area contributed by atoms with Crippen LogP contribution in [0, 0.1) is 5.92 Å². The van der Waals surface area contributed by atoms with E-state index in [2.05, 4.69) is 11.4 Å². The maximum Gasteiger partial charge on any atom is 0.225 e. The molecule has 1 aliphatic carbocycles. The van der Waals surface area contributed by atoms with Crippen molar-refractivity contribution in [3.8, 4) is 0 Å². The highest BCUT2D eigenvalue weighted by Gasteiger charge is 2.39. The van der Waals surface area contributed by atoms with E-state index in [0.29, 0.717) is 32.6 Å². The molecule has 2 amide bonds. The van der Waals surface area contributed by atoms with Crippen LogP contribution in [0.1, 0.15) is 37.7 Å². The van der Waals surface area contributed by atoms with Crippen LogP contribution in [0.5, 0.6) is 0 Å². The Morgan fingerprint density at radius 2 is 2.04 bits per heavy atom. The third-order valence-electron chi connectivity index (χ3n) is 5.74. The van der Waals surface area contributed by atoms with Gasteiger partial charge in [-0.2, -0.15) is 0 Å². The molecule has 7 heteroatoms. The van der Waals surface area contributed by atoms with Crippen LogP contribution in [0.2, 0.25) is 5.02 Å². The van der Waals surface area contributed by atoms with E-state index in [0.717, 1.165) is 30.7 Å². The molecule has 1 saturated carbocycles. The second kappa shape index (κ2) is 9.07. The zero-order chi connectivity index (χ0) is 17.9. The van der Waals surface area contributed by atoms with Crippen LogP contribution >= 0.6 is 24.0 Å². The second-order valence-electron chi connectivity index (χ2n) is 7.19. The molecule has 144 valence electrons. The Labute approximate surface area is 166 Å². The van der Waals surface area contributed by atoms with E-state index in [1.165, 1.54) is 5.56 Å². The van der Waals surface area contributed by atoms with Gasteiger partial charge in [0.2, 0.25) is 11.8 Å². The molecule has 1 aromatic rings. The van der Waals surface area contributed by atoms with Crippen LogP contribution in [0.4, 0.5) is 0 Å². The Hall–Kier alpha value is -1.30. The fourth-order valence-electron chi connectivity index (χ4n) is 4.09. The van der Waals surface area contributed by atoms with Crippen molar-refractivity contribution < 1.29 is 9.59 Å². The fourth-order valence-corrected chi connectivity index (χ4v) is 4.28. The van der Waals surface area contributed by atoms with Crippen LogP contribution in [-0.2, 0) is 15.0 Å². The molecule has 5 nitrogen and oxygen atoms in total. The Morgan fingerprint density at radius 1 is 1.31 bits per heavy atom. The van der Waals surface area contributed by atoms with Gasteiger partial charge in [-0.3, -0.25) is 9.59 Å². The van der Waals surface area contributed by atoms with E-state index in [4.69, 9.17) is 17.3 Å². The maximum absolute atomic E-state index is 12.8. The lowest BCUT2D eigenvalue weighted by atomic mass is 9.66. The number of hydrogen-bond donors (Lipinski definition) is 2. The molecule has 0 unspecified atom stereocenters. The average molecular weight is 400 g/mol. The summed E-state index contributed by atoms with van der Waals surface area (Å²) >= 11 is 6.16. The molecular weight excluding hydrogens is 373 g/mol. The molecule has 0 aromatic heterocycles. The predicted molar refractivity (Wildman–Crippen MR) is 106 cm³/mol. The summed E-state index contributed by atoms with van der Waals surface area (Å²) in [5.41, 5.74) is 7.23. The lowest BCUT2D eigenvalue weighted by Crippen LogP contribution is -2.44. The summed E-state index contributed by atoms with van der Waals surface area (Å²) in [7, 11) is 0. The lowest BCUT2D eigenvalue weighted by Gasteiger charge is -2.40. The molecule has 1 aliphatic heterocycles. The molecule has 2 aliphatic rings. The zero-order valence-electron chi connectivity index (χ0n) is 14.9. The van der Waals surface area contributed by atoms with Gasteiger partial charge in [-0.05, 0) is 43.4 Å². The molecule has 2 fully saturated rings. The Kier molecular flexibility index (Phi) is 7.33. The zero-order valence-corrected chi connectivity index (χ0v) is 16.5. The van der Waals surface area contributed by atoms with Crippen molar-refractivity contribution in [1.29, 1.82) is 0 Å². The summed E-state index contributed by atoms with van der Waals surface area (Å²) in [5, 5.41) is 3.55. The third kappa shape index (κ3) is 4.51. The van der Waals surface area contributed by atoms with Gasteiger partial charge < -0.3 is 16.0 Å². The SMILES string of the molecule is Cl.NCC1(c2cccc(Cl)c2)CCC(C(=O)N2CCNC(=O)CC2)CC1. The van der Waals surface area contributed by atoms with Gasteiger partial charge >= 0.3 is 0 Å². The minimum Gasteiger partial charge on any atom is -0.354 e. The van der Waals surface area contributed by atoms with Gasteiger partial charge in [-0.1, -0.05) is 23.7 Å². The quantitative estimate of drug-likeness (QED) is 0.819. The smallest absolute Gasteiger partial charge is 0.225 e. The normalized spacial score (nSPS) is 26.5. The molecule has 0 bridgehead atoms. The average Bonchev–Trinajstić information content (AvgIpc) is 2.86. The number of halogens is 2. The van der Waals surface area contributed by atoms with Crippen molar-refractivity contribution >= 4 is 35.8 Å². The number of carbonyl (C=O) groups excluding carboxylic acids is 2. The summed E-state index contributed by atoms with van der Waals surface area (Å²) < 4.78 is 0. The van der Waals surface area contributed by atoms with Gasteiger partial charge in [-0.25, -0.2) is 0 Å². The largest absolute Gasteiger partial charge is 0.354 e. The van der Waals surface area contributed by atoms with Crippen LogP contribution < -0.4 is 11.1 Å². The van der Waals surface area contributed by atoms with Gasteiger partial charge in [0.25, 0.3) is 0 Å². The second-order valence-corrected chi connectivity index (χ2v) is 7.63. The molecule has 0 atom stereocenters. The number of carbonyl (C=O) groups is 2. The number of nitrogens with one attached hydrogen (secondary N) is 1. The highest BCUT2D eigenvalue weighted by Crippen LogP contribution is 2.42. The first kappa shape index (κ1) is 21.0. The van der Waals surface area contributed by atoms with E-state index in [1.54, 1.807) is 0 Å². The van der Waals surface area contributed by atoms with Crippen LogP contribution in [0.25, 0.3) is 0 Å². The van der Waals surface area contributed by atoms with Gasteiger partial charge in [-0.15, -0.1) is 12.4 Å². The van der Waals surface area contributed by atoms with Crippen LogP contribution in [-0.4, -0.2) is 42.9 Å². The van der Waals surface area contributed by atoms with Gasteiger partial charge in [0, 0.05) is 49.0 Å². The van der Waals surface area contributed by atoms with Crippen molar-refractivity contribution in [3.63, 3.8) is 0 Å². The maximum atomic E-state index is 12.8. The highest BCUT2D eigenvalue weighted by molar-refractivity contribution is 6.30. The van der Waals surface area contributed by atoms with E-state index >= 15 is 0 Å². The monoisotopic (exact) mass is 399 g/mol. The molecule has 0 spiro atoms. The number of rotatable bonds is 3. The van der Waals surface area contributed by atoms with Crippen molar-refractivity contribution in [1.82, 2.24) is 10.2 Å². The number of hydrogen-bond acceptors (Lipinski definition) is 3. The van der Waals surface area contributed by atoms with Gasteiger partial charge in [0.05, 0.1) is 0 Å². The summed E-state index contributed by atoms with van der Waals surface area (Å²) in [5.74, 6) is 0.252. The predicted octanol–water partition coefficient (Wildman–Crippen LogP) is 2.50. The van der Waals surface area contributed by atoms with E-state index < -0.39 is 0 Å². The summed E-state index contributed by atoms with van der Waals surface area (Å²) in [4.78, 5) is 26.1. The Morgan fingerprint density at radius 3 is 2.69 bits per heavy atom. The Bertz CT molecular complexity index is 645. The molecule has 3 rings (SSSR count). The molecule has 3 N–H and O–H groups in total. The van der Waals surface area contributed by atoms with Gasteiger partial charge in [0.1, 0.15) is 0 Å². The number of benzene rings is 1. The van der Waals surface area contributed by atoms with Crippen molar-refractivity contribution in [3.05, 3.63) is 34.9 Å². The van der Waals surface area contributed by atoms with Crippen molar-refractivity contribution in [2.75, 3.05) is 26.2 Å². The molecule has 26 heavy (non-hydrogen) atoms. The summed E-state index contributed by atoms with van der Waals surface area (Å²) in [6.45, 7) is 2.25. The first-order valence-corrected chi connectivity index (χ1v) is 9.43. The first-order valence-electron chi connectivity index (χ1n) is 9.06. The fraction of sp³-hybridized carbons (Fsp3) is 0.579. The van der Waals surface area contributed by atoms with E-state index in [9.17, 15) is 9.59 Å². The summed E-state index contributed by atoms with van der Waals surface area (Å²) in [6.07, 6.45) is 3.85. The molecular formula is C19H27Cl2N3O2. The minimum atomic E-state index is -0.0853. The number of amides is 2. The Balaban J connectivity index is 0.00000243. The van der Waals surface area contributed by atoms with Crippen molar-refractivity contribution in [2.24, 2.45) is 11.7 Å². The number of nitrogens with two attached hydrogens (primary N) is 1. The van der Waals surface area contributed by atoms with Crippen molar-refractivity contribution in [2.45, 2.75) is 37.5 Å². The first-order chi connectivity index (χ1) is 12.0. The van der Waals surface area contributed by atoms with E-state index in [1.807, 2.05) is 23.1 Å². The van der Waals surface area contributed by atoms with Crippen LogP contribution in [0.3, 0.4) is 0 Å². The molecule has 1 aromatic carbocycles. The summed E-state index contributed by atoms with van der Waals surface area (Å²) in [6, 6.07) is 7.93. The minimum absolute atomic E-state index is 0. The van der Waals surface area contributed by atoms with Gasteiger partial charge in [0.15, 0.2) is 0 Å². The molecule has 1 heterocycles. The standard InChI is InChI=1S/C19H26ClN3O2.ClH/c20-16-3-1-2-15(12-16)19(13-21)7-4-14(5-8-19)18(25)23-10-6-17(24)22-9-11-23;/h1-3,12,14H,4-11,13,21H2,(H,22,24);1H. The lowest BCUT2D eigenvalue weighted by molar-refractivity contribution is -0.136. The third-order valence-corrected chi connectivity index (χ3v) is 5.98. The topological polar surface area (TPSA) is 75.4 Å². The van der Waals surface area contributed by atoms with Crippen LogP contribution in [0.15, 0.2) is 24.3 Å². The molecule has 0 radical (unpaired) electrons. The molecule has 1 saturated heterocycles. The van der Waals surface area contributed by atoms with E-state index in [-0.39, 0.29) is 35.6 Å². The highest BCUT2D eigenvalue weighted by atomic mass is 35.5.